The Kier molecular flexibility index (Phi) is 4.29. The molecule has 6 nitrogen and oxygen atoms in total. The molecule has 2 aliphatic heterocycles. The fraction of sp³-hybridized carbons (Fsp3) is 0.846. The Morgan fingerprint density at radius 1 is 1.16 bits per heavy atom. The summed E-state index contributed by atoms with van der Waals surface area (Å²) in [4.78, 5) is 27.8. The van der Waals surface area contributed by atoms with Gasteiger partial charge in [-0.25, -0.2) is 4.79 Å². The molecule has 0 bridgehead atoms. The van der Waals surface area contributed by atoms with Crippen LogP contribution in [0.3, 0.4) is 0 Å². The van der Waals surface area contributed by atoms with E-state index in [1.54, 1.807) is 7.05 Å². The highest BCUT2D eigenvalue weighted by Gasteiger charge is 2.44. The van der Waals surface area contributed by atoms with Gasteiger partial charge < -0.3 is 20.4 Å². The number of hydrogen-bond donors (Lipinski definition) is 2. The SMILES string of the molecule is CNC(=O)NCC(=O)N1CCCC12CCN(C)CC2. The van der Waals surface area contributed by atoms with Gasteiger partial charge in [-0.3, -0.25) is 4.79 Å². The van der Waals surface area contributed by atoms with E-state index >= 15 is 0 Å². The molecule has 0 saturated carbocycles. The lowest BCUT2D eigenvalue weighted by molar-refractivity contribution is -0.135. The quantitative estimate of drug-likeness (QED) is 0.741. The Labute approximate surface area is 114 Å². The molecule has 0 aromatic heterocycles. The molecular formula is C13H24N4O2. The monoisotopic (exact) mass is 268 g/mol. The van der Waals surface area contributed by atoms with Crippen LogP contribution in [0.2, 0.25) is 0 Å². The van der Waals surface area contributed by atoms with Crippen molar-refractivity contribution in [1.82, 2.24) is 20.4 Å². The Morgan fingerprint density at radius 2 is 1.84 bits per heavy atom. The average Bonchev–Trinajstić information content (AvgIpc) is 2.83. The predicted octanol–water partition coefficient (Wildman–Crippen LogP) is 0.00220. The first-order chi connectivity index (χ1) is 9.07. The predicted molar refractivity (Wildman–Crippen MR) is 72.9 cm³/mol. The van der Waals surface area contributed by atoms with E-state index in [2.05, 4.69) is 22.6 Å². The molecule has 0 aromatic rings. The molecule has 2 rings (SSSR count). The molecule has 2 heterocycles. The lowest BCUT2D eigenvalue weighted by Crippen LogP contribution is -2.55. The summed E-state index contributed by atoms with van der Waals surface area (Å²) in [6.07, 6.45) is 4.28. The molecule has 2 fully saturated rings. The maximum absolute atomic E-state index is 12.3. The molecule has 0 aromatic carbocycles. The van der Waals surface area contributed by atoms with Crippen LogP contribution in [-0.2, 0) is 4.79 Å². The zero-order valence-corrected chi connectivity index (χ0v) is 11.9. The molecule has 19 heavy (non-hydrogen) atoms. The number of nitrogens with zero attached hydrogens (tertiary/aromatic N) is 2. The van der Waals surface area contributed by atoms with E-state index < -0.39 is 0 Å². The molecular weight excluding hydrogens is 244 g/mol. The third kappa shape index (κ3) is 3.00. The van der Waals surface area contributed by atoms with Gasteiger partial charge in [-0.15, -0.1) is 0 Å². The van der Waals surface area contributed by atoms with Gasteiger partial charge >= 0.3 is 6.03 Å². The third-order valence-corrected chi connectivity index (χ3v) is 4.44. The van der Waals surface area contributed by atoms with E-state index in [1.165, 1.54) is 0 Å². The second-order valence-electron chi connectivity index (χ2n) is 5.61. The summed E-state index contributed by atoms with van der Waals surface area (Å²) in [5.41, 5.74) is 0.0496. The normalized spacial score (nSPS) is 22.5. The molecule has 6 heteroatoms. The number of hydrogen-bond acceptors (Lipinski definition) is 3. The van der Waals surface area contributed by atoms with Crippen molar-refractivity contribution < 1.29 is 9.59 Å². The second kappa shape index (κ2) is 5.77. The molecule has 2 aliphatic rings. The lowest BCUT2D eigenvalue weighted by Gasteiger charge is -2.44. The van der Waals surface area contributed by atoms with Crippen LogP contribution in [0.1, 0.15) is 25.7 Å². The highest BCUT2D eigenvalue weighted by molar-refractivity contribution is 5.84. The topological polar surface area (TPSA) is 64.7 Å². The van der Waals surface area contributed by atoms with Crippen LogP contribution < -0.4 is 10.6 Å². The fourth-order valence-electron chi connectivity index (χ4n) is 3.22. The molecule has 1 spiro atoms. The van der Waals surface area contributed by atoms with Gasteiger partial charge in [-0.2, -0.15) is 0 Å². The first-order valence-corrected chi connectivity index (χ1v) is 7.02. The molecule has 2 N–H and O–H groups in total. The smallest absolute Gasteiger partial charge is 0.314 e. The zero-order valence-electron chi connectivity index (χ0n) is 11.9. The minimum Gasteiger partial charge on any atom is -0.341 e. The van der Waals surface area contributed by atoms with Crippen molar-refractivity contribution in [3.05, 3.63) is 0 Å². The van der Waals surface area contributed by atoms with Crippen molar-refractivity contribution >= 4 is 11.9 Å². The van der Waals surface area contributed by atoms with Gasteiger partial charge in [0.15, 0.2) is 0 Å². The Hall–Kier alpha value is -1.30. The summed E-state index contributed by atoms with van der Waals surface area (Å²) in [7, 11) is 3.68. The number of amides is 3. The van der Waals surface area contributed by atoms with E-state index in [9.17, 15) is 9.59 Å². The number of likely N-dealkylation sites (tertiary alicyclic amines) is 2. The lowest BCUT2D eigenvalue weighted by atomic mass is 9.85. The summed E-state index contributed by atoms with van der Waals surface area (Å²) in [5, 5.41) is 5.05. The van der Waals surface area contributed by atoms with E-state index in [4.69, 9.17) is 0 Å². The van der Waals surface area contributed by atoms with Gasteiger partial charge in [0.2, 0.25) is 5.91 Å². The van der Waals surface area contributed by atoms with Gasteiger partial charge in [-0.1, -0.05) is 0 Å². The number of urea groups is 1. The van der Waals surface area contributed by atoms with Crippen LogP contribution in [0.15, 0.2) is 0 Å². The molecule has 0 unspecified atom stereocenters. The molecule has 0 aliphatic carbocycles. The second-order valence-corrected chi connectivity index (χ2v) is 5.61. The molecule has 2 saturated heterocycles. The van der Waals surface area contributed by atoms with E-state index in [0.29, 0.717) is 0 Å². The number of piperidine rings is 1. The highest BCUT2D eigenvalue weighted by Crippen LogP contribution is 2.38. The van der Waals surface area contributed by atoms with Gasteiger partial charge in [0.05, 0.1) is 6.54 Å². The minimum absolute atomic E-state index is 0.0469. The number of rotatable bonds is 2. The van der Waals surface area contributed by atoms with Gasteiger partial charge in [0, 0.05) is 32.2 Å². The van der Waals surface area contributed by atoms with Crippen LogP contribution in [0.4, 0.5) is 4.79 Å². The number of nitrogens with one attached hydrogen (secondary N) is 2. The van der Waals surface area contributed by atoms with Gasteiger partial charge in [0.25, 0.3) is 0 Å². The molecule has 108 valence electrons. The van der Waals surface area contributed by atoms with Crippen molar-refractivity contribution in [2.75, 3.05) is 40.3 Å². The van der Waals surface area contributed by atoms with E-state index in [0.717, 1.165) is 45.3 Å². The van der Waals surface area contributed by atoms with Gasteiger partial charge in [0.1, 0.15) is 0 Å². The first kappa shape index (κ1) is 14.1. The molecule has 0 atom stereocenters. The van der Waals surface area contributed by atoms with Crippen molar-refractivity contribution in [2.24, 2.45) is 0 Å². The Bertz CT molecular complexity index is 351. The van der Waals surface area contributed by atoms with E-state index in [-0.39, 0.29) is 24.0 Å². The van der Waals surface area contributed by atoms with Crippen LogP contribution in [0.5, 0.6) is 0 Å². The highest BCUT2D eigenvalue weighted by atomic mass is 16.2. The number of carbonyl (C=O) groups is 2. The molecule has 0 radical (unpaired) electrons. The van der Waals surface area contributed by atoms with Gasteiger partial charge in [-0.05, 0) is 32.7 Å². The summed E-state index contributed by atoms with van der Waals surface area (Å²) in [6.45, 7) is 3.02. The van der Waals surface area contributed by atoms with Crippen molar-refractivity contribution in [2.45, 2.75) is 31.2 Å². The molecule has 3 amide bonds. The summed E-state index contributed by atoms with van der Waals surface area (Å²) in [5.74, 6) is 0.0469. The standard InChI is InChI=1S/C13H24N4O2/c1-14-12(19)15-10-11(18)17-7-3-4-13(17)5-8-16(2)9-6-13/h3-10H2,1-2H3,(H2,14,15,19). The first-order valence-electron chi connectivity index (χ1n) is 7.02. The maximum Gasteiger partial charge on any atom is 0.314 e. The van der Waals surface area contributed by atoms with Crippen molar-refractivity contribution in [3.63, 3.8) is 0 Å². The third-order valence-electron chi connectivity index (χ3n) is 4.44. The van der Waals surface area contributed by atoms with Crippen LogP contribution in [-0.4, -0.2) is 67.6 Å². The minimum atomic E-state index is -0.301. The number of carbonyl (C=O) groups excluding carboxylic acids is 2. The zero-order chi connectivity index (χ0) is 13.9. The average molecular weight is 268 g/mol. The van der Waals surface area contributed by atoms with Crippen LogP contribution in [0, 0.1) is 0 Å². The van der Waals surface area contributed by atoms with Crippen LogP contribution >= 0.6 is 0 Å². The summed E-state index contributed by atoms with van der Waals surface area (Å²) in [6, 6.07) is -0.301. The maximum atomic E-state index is 12.3. The Balaban J connectivity index is 1.94. The van der Waals surface area contributed by atoms with Crippen molar-refractivity contribution in [1.29, 1.82) is 0 Å². The Morgan fingerprint density at radius 3 is 2.47 bits per heavy atom. The summed E-state index contributed by atoms with van der Waals surface area (Å²) < 4.78 is 0. The van der Waals surface area contributed by atoms with E-state index in [1.807, 2.05) is 4.90 Å². The fourth-order valence-corrected chi connectivity index (χ4v) is 3.22. The summed E-state index contributed by atoms with van der Waals surface area (Å²) >= 11 is 0. The van der Waals surface area contributed by atoms with Crippen LogP contribution in [0.25, 0.3) is 0 Å². The largest absolute Gasteiger partial charge is 0.341 e. The van der Waals surface area contributed by atoms with Crippen molar-refractivity contribution in [3.8, 4) is 0 Å².